The minimum atomic E-state index is -1.01. The van der Waals surface area contributed by atoms with Crippen molar-refractivity contribution in [1.82, 2.24) is 5.32 Å². The molecule has 1 heterocycles. The zero-order valence-electron chi connectivity index (χ0n) is 12.2. The van der Waals surface area contributed by atoms with E-state index in [1.54, 1.807) is 0 Å². The van der Waals surface area contributed by atoms with Crippen molar-refractivity contribution in [3.05, 3.63) is 35.9 Å². The Labute approximate surface area is 123 Å². The zero-order valence-corrected chi connectivity index (χ0v) is 12.2. The molecule has 1 atom stereocenters. The zero-order chi connectivity index (χ0) is 15.5. The fourth-order valence-corrected chi connectivity index (χ4v) is 2.69. The summed E-state index contributed by atoms with van der Waals surface area (Å²) in [5.41, 5.74) is 0.0809. The van der Waals surface area contributed by atoms with Gasteiger partial charge in [0.05, 0.1) is 11.8 Å². The Morgan fingerprint density at radius 1 is 1.24 bits per heavy atom. The summed E-state index contributed by atoms with van der Waals surface area (Å²) in [6.07, 6.45) is 0.0257. The first-order chi connectivity index (χ1) is 10.0. The Morgan fingerprint density at radius 3 is 2.33 bits per heavy atom. The molecule has 1 N–H and O–H groups in total. The molecule has 0 aromatic heterocycles. The molecular formula is C16H19NO4. The summed E-state index contributed by atoms with van der Waals surface area (Å²) in [5.74, 6) is -1.40. The molecule has 1 unspecified atom stereocenters. The van der Waals surface area contributed by atoms with Crippen LogP contribution in [0, 0.1) is 0 Å². The largest absolute Gasteiger partial charge is 0.451 e. The molecule has 1 aliphatic heterocycles. The minimum absolute atomic E-state index is 0.0944. The topological polar surface area (TPSA) is 72.5 Å². The molecule has 0 aliphatic carbocycles. The summed E-state index contributed by atoms with van der Waals surface area (Å²) in [5, 5.41) is 2.14. The maximum atomic E-state index is 12.6. The maximum Gasteiger partial charge on any atom is 0.317 e. The Balaban J connectivity index is 2.24. The quantitative estimate of drug-likeness (QED) is 0.661. The van der Waals surface area contributed by atoms with Crippen LogP contribution in [0.1, 0.15) is 38.7 Å². The molecule has 112 valence electrons. The monoisotopic (exact) mass is 289 g/mol. The van der Waals surface area contributed by atoms with Gasteiger partial charge < -0.3 is 4.74 Å². The van der Waals surface area contributed by atoms with Crippen LogP contribution >= 0.6 is 0 Å². The molecule has 1 aromatic carbocycles. The highest BCUT2D eigenvalue weighted by Gasteiger charge is 2.42. The molecule has 2 amide bonds. The fourth-order valence-electron chi connectivity index (χ4n) is 2.69. The third kappa shape index (κ3) is 2.82. The molecule has 1 fully saturated rings. The number of amides is 2. The first-order valence-electron chi connectivity index (χ1n) is 7.13. The normalized spacial score (nSPS) is 18.5. The van der Waals surface area contributed by atoms with Gasteiger partial charge in [-0.1, -0.05) is 44.2 Å². The van der Waals surface area contributed by atoms with Crippen LogP contribution in [-0.4, -0.2) is 23.9 Å². The molecule has 1 aliphatic rings. The van der Waals surface area contributed by atoms with Crippen molar-refractivity contribution in [2.75, 3.05) is 0 Å². The number of imide groups is 1. The van der Waals surface area contributed by atoms with E-state index in [1.165, 1.54) is 0 Å². The highest BCUT2D eigenvalue weighted by molar-refractivity contribution is 6.05. The van der Waals surface area contributed by atoms with Gasteiger partial charge >= 0.3 is 5.97 Å². The molecule has 5 nitrogen and oxygen atoms in total. The van der Waals surface area contributed by atoms with E-state index in [0.717, 1.165) is 5.56 Å². The second kappa shape index (κ2) is 6.08. The number of ether oxygens (including phenoxy) is 1. The van der Waals surface area contributed by atoms with Gasteiger partial charge in [0.2, 0.25) is 5.91 Å². The summed E-state index contributed by atoms with van der Waals surface area (Å²) < 4.78 is 5.32. The van der Waals surface area contributed by atoms with Crippen molar-refractivity contribution in [1.29, 1.82) is 0 Å². The number of esters is 1. The van der Waals surface area contributed by atoms with Crippen molar-refractivity contribution in [2.45, 2.75) is 44.6 Å². The van der Waals surface area contributed by atoms with Crippen LogP contribution in [0.25, 0.3) is 0 Å². The van der Waals surface area contributed by atoms with E-state index < -0.39 is 29.3 Å². The molecule has 0 spiro atoms. The van der Waals surface area contributed by atoms with Crippen LogP contribution in [-0.2, 0) is 24.5 Å². The van der Waals surface area contributed by atoms with Crippen LogP contribution in [0.3, 0.4) is 0 Å². The van der Waals surface area contributed by atoms with Gasteiger partial charge in [0.1, 0.15) is 0 Å². The number of carbonyl (C=O) groups excluding carboxylic acids is 3. The SMILES string of the molecule is CCC(CC)(C(=O)OC1CC(=O)NC1=O)c1ccccc1. The molecule has 0 radical (unpaired) electrons. The van der Waals surface area contributed by atoms with Crippen molar-refractivity contribution in [3.8, 4) is 0 Å². The van der Waals surface area contributed by atoms with Crippen LogP contribution < -0.4 is 5.32 Å². The second-order valence-corrected chi connectivity index (χ2v) is 5.17. The Kier molecular flexibility index (Phi) is 4.40. The lowest BCUT2D eigenvalue weighted by Crippen LogP contribution is -2.40. The predicted molar refractivity (Wildman–Crippen MR) is 76.3 cm³/mol. The van der Waals surface area contributed by atoms with E-state index in [-0.39, 0.29) is 6.42 Å². The highest BCUT2D eigenvalue weighted by Crippen LogP contribution is 2.33. The van der Waals surface area contributed by atoms with Crippen molar-refractivity contribution in [2.24, 2.45) is 0 Å². The lowest BCUT2D eigenvalue weighted by atomic mass is 9.76. The van der Waals surface area contributed by atoms with E-state index in [1.807, 2.05) is 44.2 Å². The lowest BCUT2D eigenvalue weighted by Gasteiger charge is -2.30. The first kappa shape index (κ1) is 15.2. The van der Waals surface area contributed by atoms with E-state index in [0.29, 0.717) is 12.8 Å². The predicted octanol–water partition coefficient (Wildman–Crippen LogP) is 1.70. The van der Waals surface area contributed by atoms with Crippen LogP contribution in [0.15, 0.2) is 30.3 Å². The molecule has 2 rings (SSSR count). The average Bonchev–Trinajstić information content (AvgIpc) is 2.80. The van der Waals surface area contributed by atoms with E-state index >= 15 is 0 Å². The molecular weight excluding hydrogens is 270 g/mol. The third-order valence-electron chi connectivity index (χ3n) is 4.10. The van der Waals surface area contributed by atoms with Gasteiger partial charge in [-0.05, 0) is 18.4 Å². The lowest BCUT2D eigenvalue weighted by molar-refractivity contribution is -0.160. The summed E-state index contributed by atoms with van der Waals surface area (Å²) in [6.45, 7) is 3.83. The second-order valence-electron chi connectivity index (χ2n) is 5.17. The number of hydrogen-bond acceptors (Lipinski definition) is 4. The number of nitrogens with one attached hydrogen (secondary N) is 1. The van der Waals surface area contributed by atoms with Gasteiger partial charge in [-0.2, -0.15) is 0 Å². The van der Waals surface area contributed by atoms with Gasteiger partial charge in [-0.25, -0.2) is 0 Å². The number of rotatable bonds is 5. The number of carbonyl (C=O) groups is 3. The van der Waals surface area contributed by atoms with Crippen LogP contribution in [0.4, 0.5) is 0 Å². The Morgan fingerprint density at radius 2 is 1.86 bits per heavy atom. The minimum Gasteiger partial charge on any atom is -0.451 e. The molecule has 0 saturated carbocycles. The van der Waals surface area contributed by atoms with Crippen molar-refractivity contribution >= 4 is 17.8 Å². The van der Waals surface area contributed by atoms with Gasteiger partial charge in [0.15, 0.2) is 6.10 Å². The Hall–Kier alpha value is -2.17. The fraction of sp³-hybridized carbons (Fsp3) is 0.438. The van der Waals surface area contributed by atoms with Crippen LogP contribution in [0.5, 0.6) is 0 Å². The van der Waals surface area contributed by atoms with Gasteiger partial charge in [0, 0.05) is 0 Å². The summed E-state index contributed by atoms with van der Waals surface area (Å²) in [4.78, 5) is 35.4. The highest BCUT2D eigenvalue weighted by atomic mass is 16.6. The number of hydrogen-bond donors (Lipinski definition) is 1. The summed E-state index contributed by atoms with van der Waals surface area (Å²) >= 11 is 0. The molecule has 5 heteroatoms. The van der Waals surface area contributed by atoms with E-state index in [2.05, 4.69) is 5.32 Å². The maximum absolute atomic E-state index is 12.6. The molecule has 0 bridgehead atoms. The third-order valence-corrected chi connectivity index (χ3v) is 4.10. The molecule has 1 saturated heterocycles. The first-order valence-corrected chi connectivity index (χ1v) is 7.13. The van der Waals surface area contributed by atoms with Crippen LogP contribution in [0.2, 0.25) is 0 Å². The molecule has 21 heavy (non-hydrogen) atoms. The number of benzene rings is 1. The molecule has 1 aromatic rings. The van der Waals surface area contributed by atoms with Gasteiger partial charge in [-0.15, -0.1) is 0 Å². The smallest absolute Gasteiger partial charge is 0.317 e. The van der Waals surface area contributed by atoms with Gasteiger partial charge in [0.25, 0.3) is 5.91 Å². The van der Waals surface area contributed by atoms with Crippen molar-refractivity contribution in [3.63, 3.8) is 0 Å². The standard InChI is InChI=1S/C16H19NO4/c1-3-16(4-2,11-8-6-5-7-9-11)15(20)21-12-10-13(18)17-14(12)19/h5-9,12H,3-4,10H2,1-2H3,(H,17,18,19). The average molecular weight is 289 g/mol. The summed E-state index contributed by atoms with van der Waals surface area (Å²) in [6, 6.07) is 9.39. The van der Waals surface area contributed by atoms with E-state index in [9.17, 15) is 14.4 Å². The van der Waals surface area contributed by atoms with Gasteiger partial charge in [-0.3, -0.25) is 19.7 Å². The summed E-state index contributed by atoms with van der Waals surface area (Å²) in [7, 11) is 0. The van der Waals surface area contributed by atoms with E-state index in [4.69, 9.17) is 4.74 Å². The Bertz CT molecular complexity index is 549. The van der Waals surface area contributed by atoms with Crippen molar-refractivity contribution < 1.29 is 19.1 Å².